The molecule has 0 heterocycles. The first-order valence-electron chi connectivity index (χ1n) is 7.12. The average Bonchev–Trinajstić information content (AvgIpc) is 2.37. The number of carbonyl (C=O) groups excluding carboxylic acids is 1. The van der Waals surface area contributed by atoms with Gasteiger partial charge >= 0.3 is 0 Å². The van der Waals surface area contributed by atoms with Crippen molar-refractivity contribution in [2.75, 3.05) is 6.54 Å². The van der Waals surface area contributed by atoms with Crippen LogP contribution in [0.1, 0.15) is 34.1 Å². The molecule has 0 aliphatic heterocycles. The van der Waals surface area contributed by atoms with E-state index in [1.54, 1.807) is 38.1 Å². The summed E-state index contributed by atoms with van der Waals surface area (Å²) in [6, 6.07) is 6.83. The van der Waals surface area contributed by atoms with E-state index in [2.05, 4.69) is 5.32 Å². The summed E-state index contributed by atoms with van der Waals surface area (Å²) in [6.45, 7) is 7.66. The molecular formula is C16H24ClNO3. The monoisotopic (exact) mass is 313 g/mol. The highest BCUT2D eigenvalue weighted by atomic mass is 35.5. The number of amides is 1. The van der Waals surface area contributed by atoms with Gasteiger partial charge in [-0.1, -0.05) is 25.4 Å². The molecule has 1 aromatic carbocycles. The van der Waals surface area contributed by atoms with E-state index < -0.39 is 11.7 Å². The molecular weight excluding hydrogens is 290 g/mol. The van der Waals surface area contributed by atoms with E-state index in [9.17, 15) is 9.90 Å². The number of carbonyl (C=O) groups is 1. The Kier molecular flexibility index (Phi) is 6.49. The molecule has 5 heteroatoms. The van der Waals surface area contributed by atoms with Crippen molar-refractivity contribution in [3.63, 3.8) is 0 Å². The molecule has 118 valence electrons. The zero-order valence-electron chi connectivity index (χ0n) is 13.0. The number of nitrogens with one attached hydrogen (secondary N) is 1. The predicted octanol–water partition coefficient (Wildman–Crippen LogP) is 3.02. The lowest BCUT2D eigenvalue weighted by Gasteiger charge is -2.26. The van der Waals surface area contributed by atoms with E-state index in [-0.39, 0.29) is 12.5 Å². The minimum absolute atomic E-state index is 0.207. The van der Waals surface area contributed by atoms with E-state index in [1.807, 2.05) is 13.8 Å². The number of aliphatic hydroxyl groups is 1. The number of hydrogen-bond donors (Lipinski definition) is 2. The smallest absolute Gasteiger partial charge is 0.260 e. The van der Waals surface area contributed by atoms with Crippen LogP contribution in [0.5, 0.6) is 5.75 Å². The third-order valence-electron chi connectivity index (χ3n) is 2.99. The van der Waals surface area contributed by atoms with Gasteiger partial charge in [0.2, 0.25) is 0 Å². The van der Waals surface area contributed by atoms with Crippen LogP contribution in [-0.2, 0) is 4.79 Å². The lowest BCUT2D eigenvalue weighted by atomic mass is 9.94. The Morgan fingerprint density at radius 2 is 1.90 bits per heavy atom. The van der Waals surface area contributed by atoms with E-state index in [1.165, 1.54) is 0 Å². The van der Waals surface area contributed by atoms with Crippen LogP contribution in [-0.4, -0.2) is 29.3 Å². The Hall–Kier alpha value is -1.26. The van der Waals surface area contributed by atoms with Crippen molar-refractivity contribution >= 4 is 17.5 Å². The Bertz CT molecular complexity index is 457. The topological polar surface area (TPSA) is 58.6 Å². The second kappa shape index (κ2) is 7.66. The second-order valence-corrected chi connectivity index (χ2v) is 6.46. The van der Waals surface area contributed by atoms with Gasteiger partial charge in [-0.3, -0.25) is 4.79 Å². The molecule has 2 N–H and O–H groups in total. The average molecular weight is 314 g/mol. The summed E-state index contributed by atoms with van der Waals surface area (Å²) in [6.07, 6.45) is -0.0132. The van der Waals surface area contributed by atoms with Crippen LogP contribution in [0.2, 0.25) is 5.02 Å². The number of rotatable bonds is 7. The summed E-state index contributed by atoms with van der Waals surface area (Å²) in [5.41, 5.74) is -0.913. The third kappa shape index (κ3) is 6.82. The van der Waals surface area contributed by atoms with Crippen LogP contribution < -0.4 is 10.1 Å². The fourth-order valence-corrected chi connectivity index (χ4v) is 2.27. The highest BCUT2D eigenvalue weighted by Crippen LogP contribution is 2.17. The standard InChI is InChI=1S/C16H24ClNO3/c1-11(2)9-16(4,20)10-18-15(19)12(3)21-14-7-5-13(17)6-8-14/h5-8,11-12,20H,9-10H2,1-4H3,(H,18,19). The van der Waals surface area contributed by atoms with Gasteiger partial charge in [-0.15, -0.1) is 0 Å². The minimum atomic E-state index is -0.913. The van der Waals surface area contributed by atoms with Crippen molar-refractivity contribution in [2.45, 2.75) is 45.8 Å². The molecule has 1 amide bonds. The van der Waals surface area contributed by atoms with Crippen LogP contribution in [0, 0.1) is 5.92 Å². The van der Waals surface area contributed by atoms with Gasteiger partial charge in [0.25, 0.3) is 5.91 Å². The normalized spacial score (nSPS) is 15.4. The zero-order chi connectivity index (χ0) is 16.0. The molecule has 0 aliphatic carbocycles. The van der Waals surface area contributed by atoms with Gasteiger partial charge in [-0.2, -0.15) is 0 Å². The molecule has 1 aromatic rings. The molecule has 0 saturated carbocycles. The van der Waals surface area contributed by atoms with E-state index in [4.69, 9.17) is 16.3 Å². The van der Waals surface area contributed by atoms with Crippen molar-refractivity contribution in [3.8, 4) is 5.75 Å². The highest BCUT2D eigenvalue weighted by Gasteiger charge is 2.24. The summed E-state index contributed by atoms with van der Waals surface area (Å²) < 4.78 is 5.53. The summed E-state index contributed by atoms with van der Waals surface area (Å²) in [7, 11) is 0. The maximum atomic E-state index is 12.0. The molecule has 1 rings (SSSR count). The molecule has 0 spiro atoms. The quantitative estimate of drug-likeness (QED) is 0.813. The van der Waals surface area contributed by atoms with E-state index in [0.29, 0.717) is 23.1 Å². The first-order valence-corrected chi connectivity index (χ1v) is 7.50. The van der Waals surface area contributed by atoms with Crippen LogP contribution in [0.3, 0.4) is 0 Å². The Morgan fingerprint density at radius 3 is 2.43 bits per heavy atom. The molecule has 0 saturated heterocycles. The molecule has 0 aromatic heterocycles. The van der Waals surface area contributed by atoms with Gasteiger partial charge in [0.15, 0.2) is 6.10 Å². The van der Waals surface area contributed by atoms with Gasteiger partial charge in [0.05, 0.1) is 5.60 Å². The van der Waals surface area contributed by atoms with Gasteiger partial charge in [0, 0.05) is 11.6 Å². The van der Waals surface area contributed by atoms with Crippen molar-refractivity contribution in [1.82, 2.24) is 5.32 Å². The number of hydrogen-bond acceptors (Lipinski definition) is 3. The highest BCUT2D eigenvalue weighted by molar-refractivity contribution is 6.30. The molecule has 4 nitrogen and oxygen atoms in total. The van der Waals surface area contributed by atoms with Gasteiger partial charge in [0.1, 0.15) is 5.75 Å². The lowest BCUT2D eigenvalue weighted by Crippen LogP contribution is -2.45. The van der Waals surface area contributed by atoms with Crippen LogP contribution >= 0.6 is 11.6 Å². The Labute approximate surface area is 131 Å². The van der Waals surface area contributed by atoms with Gasteiger partial charge in [-0.05, 0) is 50.5 Å². The Balaban J connectivity index is 2.46. The first kappa shape index (κ1) is 17.8. The van der Waals surface area contributed by atoms with Crippen molar-refractivity contribution in [2.24, 2.45) is 5.92 Å². The summed E-state index contributed by atoms with van der Waals surface area (Å²) >= 11 is 5.79. The maximum absolute atomic E-state index is 12.0. The summed E-state index contributed by atoms with van der Waals surface area (Å²) in [4.78, 5) is 12.0. The van der Waals surface area contributed by atoms with Crippen molar-refractivity contribution in [3.05, 3.63) is 29.3 Å². The summed E-state index contributed by atoms with van der Waals surface area (Å²) in [5.74, 6) is 0.685. The molecule has 0 aliphatic rings. The molecule has 21 heavy (non-hydrogen) atoms. The van der Waals surface area contributed by atoms with E-state index in [0.717, 1.165) is 0 Å². The third-order valence-corrected chi connectivity index (χ3v) is 3.24. The van der Waals surface area contributed by atoms with Crippen LogP contribution in [0.15, 0.2) is 24.3 Å². The summed E-state index contributed by atoms with van der Waals surface area (Å²) in [5, 5.41) is 13.5. The van der Waals surface area contributed by atoms with Crippen LogP contribution in [0.4, 0.5) is 0 Å². The molecule has 2 unspecified atom stereocenters. The molecule has 0 bridgehead atoms. The Morgan fingerprint density at radius 1 is 1.33 bits per heavy atom. The molecule has 0 radical (unpaired) electrons. The fraction of sp³-hybridized carbons (Fsp3) is 0.562. The number of benzene rings is 1. The fourth-order valence-electron chi connectivity index (χ4n) is 2.14. The van der Waals surface area contributed by atoms with Crippen molar-refractivity contribution in [1.29, 1.82) is 0 Å². The number of halogens is 1. The minimum Gasteiger partial charge on any atom is -0.481 e. The maximum Gasteiger partial charge on any atom is 0.260 e. The second-order valence-electron chi connectivity index (χ2n) is 6.03. The SMILES string of the molecule is CC(C)CC(C)(O)CNC(=O)C(C)Oc1ccc(Cl)cc1. The van der Waals surface area contributed by atoms with Gasteiger partial charge < -0.3 is 15.2 Å². The van der Waals surface area contributed by atoms with Gasteiger partial charge in [-0.25, -0.2) is 0 Å². The molecule has 2 atom stereocenters. The van der Waals surface area contributed by atoms with Crippen LogP contribution in [0.25, 0.3) is 0 Å². The first-order chi connectivity index (χ1) is 9.69. The lowest BCUT2D eigenvalue weighted by molar-refractivity contribution is -0.128. The zero-order valence-corrected chi connectivity index (χ0v) is 13.8. The van der Waals surface area contributed by atoms with Crippen molar-refractivity contribution < 1.29 is 14.6 Å². The number of ether oxygens (including phenoxy) is 1. The van der Waals surface area contributed by atoms with E-state index >= 15 is 0 Å². The largest absolute Gasteiger partial charge is 0.481 e. The molecule has 0 fully saturated rings. The predicted molar refractivity (Wildman–Crippen MR) is 84.6 cm³/mol.